The summed E-state index contributed by atoms with van der Waals surface area (Å²) < 4.78 is 28.8. The SMILES string of the molecule is Cc1ccc(/C=N/N(C(=O)c2ccc(S(=O)(=O)N3CCC(C)CC3)cc2)c2nc3ccc(C)cc3s2)cc1. The van der Waals surface area contributed by atoms with Crippen molar-refractivity contribution >= 4 is 48.8 Å². The fraction of sp³-hybridized carbons (Fsp3) is 0.276. The first kappa shape index (κ1) is 26.2. The van der Waals surface area contributed by atoms with E-state index in [0.717, 1.165) is 39.7 Å². The number of benzene rings is 3. The number of aryl methyl sites for hydroxylation is 2. The zero-order chi connectivity index (χ0) is 26.9. The lowest BCUT2D eigenvalue weighted by molar-refractivity contribution is 0.0987. The first-order valence-corrected chi connectivity index (χ1v) is 14.9. The summed E-state index contributed by atoms with van der Waals surface area (Å²) in [6.07, 6.45) is 3.34. The van der Waals surface area contributed by atoms with E-state index in [1.807, 2.05) is 56.3 Å². The zero-order valence-electron chi connectivity index (χ0n) is 21.7. The van der Waals surface area contributed by atoms with Crippen LogP contribution in [0.1, 0.15) is 46.8 Å². The molecule has 1 aliphatic rings. The lowest BCUT2D eigenvalue weighted by Gasteiger charge is -2.29. The predicted molar refractivity (Wildman–Crippen MR) is 154 cm³/mol. The zero-order valence-corrected chi connectivity index (χ0v) is 23.3. The Hall–Kier alpha value is -3.40. The second-order valence-corrected chi connectivity index (χ2v) is 12.8. The third kappa shape index (κ3) is 5.55. The fourth-order valence-electron chi connectivity index (χ4n) is 4.34. The monoisotopic (exact) mass is 546 g/mol. The lowest BCUT2D eigenvalue weighted by Crippen LogP contribution is -2.37. The molecule has 3 aromatic carbocycles. The number of aromatic nitrogens is 1. The first-order valence-electron chi connectivity index (χ1n) is 12.6. The summed E-state index contributed by atoms with van der Waals surface area (Å²) in [6, 6.07) is 19.9. The Morgan fingerprint density at radius 3 is 2.34 bits per heavy atom. The number of hydrogen-bond acceptors (Lipinski definition) is 6. The molecule has 4 aromatic rings. The number of carbonyl (C=O) groups excluding carboxylic acids is 1. The van der Waals surface area contributed by atoms with E-state index in [1.165, 1.54) is 32.8 Å². The van der Waals surface area contributed by atoms with Crippen molar-refractivity contribution in [2.75, 3.05) is 18.1 Å². The lowest BCUT2D eigenvalue weighted by atomic mass is 10.0. The van der Waals surface area contributed by atoms with Gasteiger partial charge in [-0.05, 0) is 80.1 Å². The Morgan fingerprint density at radius 2 is 1.66 bits per heavy atom. The Morgan fingerprint density at radius 1 is 1.00 bits per heavy atom. The highest BCUT2D eigenvalue weighted by atomic mass is 32.2. The van der Waals surface area contributed by atoms with Crippen LogP contribution in [-0.2, 0) is 10.0 Å². The van der Waals surface area contributed by atoms with Gasteiger partial charge in [-0.25, -0.2) is 13.4 Å². The number of piperidine rings is 1. The highest BCUT2D eigenvalue weighted by molar-refractivity contribution is 7.89. The maximum Gasteiger partial charge on any atom is 0.280 e. The van der Waals surface area contributed by atoms with E-state index in [2.05, 4.69) is 17.0 Å². The van der Waals surface area contributed by atoms with Crippen molar-refractivity contribution in [3.8, 4) is 0 Å². The normalized spacial score (nSPS) is 15.3. The van der Waals surface area contributed by atoms with Gasteiger partial charge in [-0.1, -0.05) is 54.2 Å². The van der Waals surface area contributed by atoms with E-state index in [1.54, 1.807) is 18.3 Å². The molecule has 38 heavy (non-hydrogen) atoms. The number of rotatable bonds is 6. The van der Waals surface area contributed by atoms with Gasteiger partial charge < -0.3 is 0 Å². The molecule has 0 aliphatic carbocycles. The van der Waals surface area contributed by atoms with Crippen molar-refractivity contribution in [1.29, 1.82) is 0 Å². The minimum Gasteiger partial charge on any atom is -0.267 e. The maximum absolute atomic E-state index is 13.7. The molecule has 0 radical (unpaired) electrons. The maximum atomic E-state index is 13.7. The average molecular weight is 547 g/mol. The summed E-state index contributed by atoms with van der Waals surface area (Å²) in [4.78, 5) is 18.5. The number of hydrogen-bond donors (Lipinski definition) is 0. The second kappa shape index (κ2) is 10.8. The van der Waals surface area contributed by atoms with Gasteiger partial charge in [0.05, 0.1) is 21.3 Å². The number of fused-ring (bicyclic) bond motifs is 1. The number of nitrogens with zero attached hydrogens (tertiary/aromatic N) is 4. The van der Waals surface area contributed by atoms with Gasteiger partial charge in [0.25, 0.3) is 5.91 Å². The Balaban J connectivity index is 1.46. The number of carbonyl (C=O) groups is 1. The number of thiazole rings is 1. The Kier molecular flexibility index (Phi) is 7.43. The van der Waals surface area contributed by atoms with E-state index in [4.69, 9.17) is 0 Å². The first-order chi connectivity index (χ1) is 18.2. The summed E-state index contributed by atoms with van der Waals surface area (Å²) in [5, 5.41) is 6.25. The third-order valence-electron chi connectivity index (χ3n) is 6.79. The Labute approximate surface area is 227 Å². The van der Waals surface area contributed by atoms with Crippen LogP contribution < -0.4 is 5.01 Å². The molecule has 1 aromatic heterocycles. The summed E-state index contributed by atoms with van der Waals surface area (Å²) in [5.41, 5.74) is 4.20. The quantitative estimate of drug-likeness (QED) is 0.219. The highest BCUT2D eigenvalue weighted by Gasteiger charge is 2.28. The van der Waals surface area contributed by atoms with Gasteiger partial charge in [0.15, 0.2) is 0 Å². The van der Waals surface area contributed by atoms with Crippen LogP contribution >= 0.6 is 11.3 Å². The minimum atomic E-state index is -3.60. The largest absolute Gasteiger partial charge is 0.280 e. The van der Waals surface area contributed by atoms with Crippen molar-refractivity contribution in [3.63, 3.8) is 0 Å². The van der Waals surface area contributed by atoms with Gasteiger partial charge in [-0.15, -0.1) is 0 Å². The van der Waals surface area contributed by atoms with E-state index in [9.17, 15) is 13.2 Å². The van der Waals surface area contributed by atoms with Gasteiger partial charge in [0, 0.05) is 18.7 Å². The molecule has 0 unspecified atom stereocenters. The molecule has 7 nitrogen and oxygen atoms in total. The van der Waals surface area contributed by atoms with Crippen LogP contribution in [0.4, 0.5) is 5.13 Å². The predicted octanol–water partition coefficient (Wildman–Crippen LogP) is 6.01. The molecule has 1 amide bonds. The molecule has 0 spiro atoms. The molecule has 5 rings (SSSR count). The third-order valence-corrected chi connectivity index (χ3v) is 9.69. The molecule has 1 saturated heterocycles. The molecule has 0 N–H and O–H groups in total. The van der Waals surface area contributed by atoms with Gasteiger partial charge in [-0.2, -0.15) is 14.4 Å². The van der Waals surface area contributed by atoms with Gasteiger partial charge in [0.1, 0.15) is 0 Å². The minimum absolute atomic E-state index is 0.189. The van der Waals surface area contributed by atoms with Crippen molar-refractivity contribution in [3.05, 3.63) is 89.0 Å². The molecule has 0 saturated carbocycles. The number of amides is 1. The summed E-state index contributed by atoms with van der Waals surface area (Å²) in [5.74, 6) is 0.138. The molecular formula is C29H30N4O3S2. The van der Waals surface area contributed by atoms with Crippen LogP contribution in [0, 0.1) is 19.8 Å². The fourth-order valence-corrected chi connectivity index (χ4v) is 6.83. The van der Waals surface area contributed by atoms with Crippen LogP contribution in [-0.4, -0.2) is 42.9 Å². The number of sulfonamides is 1. The summed E-state index contributed by atoms with van der Waals surface area (Å²) in [7, 11) is -3.60. The molecule has 9 heteroatoms. The van der Waals surface area contributed by atoms with Gasteiger partial charge in [-0.3, -0.25) is 4.79 Å². The van der Waals surface area contributed by atoms with Gasteiger partial charge in [0.2, 0.25) is 15.2 Å². The molecular weight excluding hydrogens is 516 g/mol. The van der Waals surface area contributed by atoms with Crippen LogP contribution in [0.2, 0.25) is 0 Å². The molecule has 1 fully saturated rings. The van der Waals surface area contributed by atoms with E-state index < -0.39 is 10.0 Å². The van der Waals surface area contributed by atoms with Crippen LogP contribution in [0.5, 0.6) is 0 Å². The van der Waals surface area contributed by atoms with Gasteiger partial charge >= 0.3 is 0 Å². The van der Waals surface area contributed by atoms with Crippen molar-refractivity contribution < 1.29 is 13.2 Å². The summed E-state index contributed by atoms with van der Waals surface area (Å²) in [6.45, 7) is 7.20. The number of hydrazone groups is 1. The Bertz CT molecular complexity index is 1590. The second-order valence-electron chi connectivity index (χ2n) is 9.85. The smallest absolute Gasteiger partial charge is 0.267 e. The molecule has 0 bridgehead atoms. The molecule has 1 aliphatic heterocycles. The van der Waals surface area contributed by atoms with Crippen LogP contribution in [0.3, 0.4) is 0 Å². The van der Waals surface area contributed by atoms with Crippen molar-refractivity contribution in [2.24, 2.45) is 11.0 Å². The molecule has 0 atom stereocenters. The summed E-state index contributed by atoms with van der Waals surface area (Å²) >= 11 is 1.38. The molecule has 2 heterocycles. The van der Waals surface area contributed by atoms with Crippen molar-refractivity contribution in [1.82, 2.24) is 9.29 Å². The van der Waals surface area contributed by atoms with E-state index in [0.29, 0.717) is 29.7 Å². The van der Waals surface area contributed by atoms with E-state index >= 15 is 0 Å². The van der Waals surface area contributed by atoms with Crippen LogP contribution in [0.15, 0.2) is 76.7 Å². The highest BCUT2D eigenvalue weighted by Crippen LogP contribution is 2.31. The van der Waals surface area contributed by atoms with Crippen molar-refractivity contribution in [2.45, 2.75) is 38.5 Å². The number of anilines is 1. The topological polar surface area (TPSA) is 82.9 Å². The van der Waals surface area contributed by atoms with Crippen LogP contribution in [0.25, 0.3) is 10.2 Å². The molecule has 196 valence electrons. The average Bonchev–Trinajstić information content (AvgIpc) is 3.33. The standard InChI is InChI=1S/C29H30N4O3S2/c1-20-4-7-23(8-5-20)19-30-33(29-31-26-13-6-22(3)18-27(26)37-29)28(34)24-9-11-25(12-10-24)38(35,36)32-16-14-21(2)15-17-32/h4-13,18-19,21H,14-17H2,1-3H3/b30-19+. The van der Waals surface area contributed by atoms with E-state index in [-0.39, 0.29) is 10.8 Å².